The van der Waals surface area contributed by atoms with Gasteiger partial charge in [-0.1, -0.05) is 72.3 Å². The predicted octanol–water partition coefficient (Wildman–Crippen LogP) is 5.93. The topological polar surface area (TPSA) is 38.1 Å². The van der Waals surface area contributed by atoms with Gasteiger partial charge in [-0.05, 0) is 36.6 Å². The van der Waals surface area contributed by atoms with Gasteiger partial charge in [0.2, 0.25) is 0 Å². The van der Waals surface area contributed by atoms with E-state index < -0.39 is 0 Å². The van der Waals surface area contributed by atoms with E-state index in [4.69, 9.17) is 16.7 Å². The molecule has 4 nitrogen and oxygen atoms in total. The average molecular weight is 426 g/mol. The lowest BCUT2D eigenvalue weighted by Gasteiger charge is -2.27. The molecule has 0 unspecified atom stereocenters. The third kappa shape index (κ3) is 2.68. The molecule has 1 saturated carbocycles. The van der Waals surface area contributed by atoms with Crippen LogP contribution in [0.5, 0.6) is 0 Å². The highest BCUT2D eigenvalue weighted by atomic mass is 35.5. The van der Waals surface area contributed by atoms with Crippen molar-refractivity contribution in [2.24, 2.45) is 0 Å². The highest BCUT2D eigenvalue weighted by Crippen LogP contribution is 2.54. The van der Waals surface area contributed by atoms with E-state index >= 15 is 0 Å². The third-order valence-corrected chi connectivity index (χ3v) is 6.91. The normalized spacial score (nSPS) is 16.1. The molecule has 3 aromatic carbocycles. The van der Waals surface area contributed by atoms with Crippen molar-refractivity contribution in [2.75, 3.05) is 7.05 Å². The van der Waals surface area contributed by atoms with Crippen molar-refractivity contribution in [3.8, 4) is 28.1 Å². The number of benzene rings is 3. The summed E-state index contributed by atoms with van der Waals surface area (Å²) in [5.41, 5.74) is 6.19. The Morgan fingerprint density at radius 1 is 0.903 bits per heavy atom. The highest BCUT2D eigenvalue weighted by molar-refractivity contribution is 6.33. The molecule has 2 heterocycles. The summed E-state index contributed by atoms with van der Waals surface area (Å²) in [6.45, 7) is 0. The van der Waals surface area contributed by atoms with Crippen molar-refractivity contribution in [2.45, 2.75) is 18.4 Å². The first-order valence-electron chi connectivity index (χ1n) is 10.4. The van der Waals surface area contributed by atoms with Gasteiger partial charge in [0.05, 0.1) is 16.9 Å². The van der Waals surface area contributed by atoms with Crippen LogP contribution in [0.2, 0.25) is 5.02 Å². The molecule has 0 bridgehead atoms. The summed E-state index contributed by atoms with van der Waals surface area (Å²) in [6, 6.07) is 26.1. The zero-order chi connectivity index (χ0) is 21.2. The van der Waals surface area contributed by atoms with Gasteiger partial charge < -0.3 is 4.90 Å². The summed E-state index contributed by atoms with van der Waals surface area (Å²) in [4.78, 5) is 15.4. The van der Waals surface area contributed by atoms with Crippen LogP contribution in [0.25, 0.3) is 28.1 Å². The maximum atomic E-state index is 13.5. The fraction of sp³-hybridized carbons (Fsp3) is 0.154. The van der Waals surface area contributed by atoms with Crippen LogP contribution in [0.4, 0.5) is 0 Å². The second-order valence-electron chi connectivity index (χ2n) is 8.30. The molecule has 6 rings (SSSR count). The Labute approximate surface area is 185 Å². The van der Waals surface area contributed by atoms with Gasteiger partial charge in [-0.3, -0.25) is 4.79 Å². The number of hydrogen-bond acceptors (Lipinski definition) is 2. The Bertz CT molecular complexity index is 1340. The van der Waals surface area contributed by atoms with Crippen LogP contribution in [0.1, 0.15) is 28.9 Å². The summed E-state index contributed by atoms with van der Waals surface area (Å²) >= 11 is 6.49. The number of halogens is 1. The van der Waals surface area contributed by atoms with Crippen LogP contribution in [0, 0.1) is 0 Å². The summed E-state index contributed by atoms with van der Waals surface area (Å²) in [7, 11) is 1.91. The Balaban J connectivity index is 1.61. The number of fused-ring (bicyclic) bond motifs is 4. The molecule has 152 valence electrons. The zero-order valence-electron chi connectivity index (χ0n) is 17.0. The minimum Gasteiger partial charge on any atom is -0.331 e. The van der Waals surface area contributed by atoms with Crippen LogP contribution >= 0.6 is 11.6 Å². The molecule has 31 heavy (non-hydrogen) atoms. The quantitative estimate of drug-likeness (QED) is 0.399. The van der Waals surface area contributed by atoms with Crippen molar-refractivity contribution < 1.29 is 4.79 Å². The van der Waals surface area contributed by atoms with Gasteiger partial charge in [0.15, 0.2) is 0 Å². The second kappa shape index (κ2) is 6.56. The first kappa shape index (κ1) is 18.4. The fourth-order valence-corrected chi connectivity index (χ4v) is 4.95. The first-order valence-corrected chi connectivity index (χ1v) is 10.8. The van der Waals surface area contributed by atoms with Crippen molar-refractivity contribution >= 4 is 17.5 Å². The molecule has 0 atom stereocenters. The predicted molar refractivity (Wildman–Crippen MR) is 122 cm³/mol. The molecule has 1 aliphatic carbocycles. The van der Waals surface area contributed by atoms with E-state index in [1.54, 1.807) is 0 Å². The van der Waals surface area contributed by atoms with Gasteiger partial charge in [0.1, 0.15) is 5.69 Å². The van der Waals surface area contributed by atoms with Gasteiger partial charge in [0.25, 0.3) is 5.91 Å². The molecule has 0 saturated heterocycles. The summed E-state index contributed by atoms with van der Waals surface area (Å²) in [5.74, 6) is 0.00248. The average Bonchev–Trinajstić information content (AvgIpc) is 3.50. The number of carbonyl (C=O) groups excluding carboxylic acids is 1. The van der Waals surface area contributed by atoms with Gasteiger partial charge in [0, 0.05) is 28.8 Å². The van der Waals surface area contributed by atoms with Gasteiger partial charge >= 0.3 is 0 Å². The van der Waals surface area contributed by atoms with E-state index in [9.17, 15) is 4.79 Å². The number of nitrogens with zero attached hydrogens (tertiary/aromatic N) is 3. The summed E-state index contributed by atoms with van der Waals surface area (Å²) in [5, 5.41) is 5.60. The highest BCUT2D eigenvalue weighted by Gasteiger charge is 2.53. The van der Waals surface area contributed by atoms with Crippen LogP contribution in [-0.2, 0) is 5.54 Å². The smallest absolute Gasteiger partial charge is 0.273 e. The van der Waals surface area contributed by atoms with Crippen molar-refractivity contribution in [1.82, 2.24) is 14.7 Å². The molecule has 4 aromatic rings. The van der Waals surface area contributed by atoms with Gasteiger partial charge in [-0.25, -0.2) is 4.68 Å². The molecule has 0 N–H and O–H groups in total. The lowest BCUT2D eigenvalue weighted by molar-refractivity contribution is 0.0704. The van der Waals surface area contributed by atoms with E-state index in [0.717, 1.165) is 46.5 Å². The van der Waals surface area contributed by atoms with E-state index in [1.165, 1.54) is 0 Å². The molecule has 1 amide bonds. The minimum absolute atomic E-state index is 0.00248. The number of hydrogen-bond donors (Lipinski definition) is 0. The standard InChI is InChI=1S/C26H20ClN3O/c1-29-25(31)24-16-22(17-7-3-2-4-8-17)28-30(24)23-15-18(19-9-5-6-10-21(19)27)11-12-20(23)26(29)13-14-26/h2-12,15-16H,13-14H2,1H3. The Kier molecular flexibility index (Phi) is 3.90. The van der Waals surface area contributed by atoms with Gasteiger partial charge in [-0.2, -0.15) is 5.10 Å². The molecule has 1 aromatic heterocycles. The largest absolute Gasteiger partial charge is 0.331 e. The SMILES string of the molecule is CN1C(=O)c2cc(-c3ccccc3)nn2-c2cc(-c3ccccc3Cl)ccc2C12CC2. The second-order valence-corrected chi connectivity index (χ2v) is 8.71. The van der Waals surface area contributed by atoms with Crippen LogP contribution in [0.3, 0.4) is 0 Å². The number of carbonyl (C=O) groups is 1. The fourth-order valence-electron chi connectivity index (χ4n) is 4.70. The Morgan fingerprint density at radius 2 is 1.65 bits per heavy atom. The van der Waals surface area contributed by atoms with E-state index in [0.29, 0.717) is 10.7 Å². The molecule has 1 spiro atoms. The minimum atomic E-state index is -0.251. The van der Waals surface area contributed by atoms with Crippen molar-refractivity contribution in [1.29, 1.82) is 0 Å². The molecule has 1 fully saturated rings. The van der Waals surface area contributed by atoms with Crippen LogP contribution in [0.15, 0.2) is 78.9 Å². The molecule has 2 aliphatic rings. The molecule has 1 aliphatic heterocycles. The van der Waals surface area contributed by atoms with Crippen LogP contribution in [-0.4, -0.2) is 27.6 Å². The van der Waals surface area contributed by atoms with Crippen molar-refractivity contribution in [3.63, 3.8) is 0 Å². The van der Waals surface area contributed by atoms with E-state index in [2.05, 4.69) is 18.2 Å². The molecular weight excluding hydrogens is 406 g/mol. The number of amides is 1. The monoisotopic (exact) mass is 425 g/mol. The van der Waals surface area contributed by atoms with E-state index in [-0.39, 0.29) is 11.4 Å². The molecule has 5 heteroatoms. The number of aromatic nitrogens is 2. The van der Waals surface area contributed by atoms with Crippen molar-refractivity contribution in [3.05, 3.63) is 95.1 Å². The van der Waals surface area contributed by atoms with E-state index in [1.807, 2.05) is 77.3 Å². The Hall–Kier alpha value is -3.37. The maximum Gasteiger partial charge on any atom is 0.273 e. The molecular formula is C26H20ClN3O. The zero-order valence-corrected chi connectivity index (χ0v) is 17.8. The first-order chi connectivity index (χ1) is 15.1. The molecule has 0 radical (unpaired) electrons. The lowest BCUT2D eigenvalue weighted by atomic mass is 9.96. The van der Waals surface area contributed by atoms with Gasteiger partial charge in [-0.15, -0.1) is 0 Å². The lowest BCUT2D eigenvalue weighted by Crippen LogP contribution is -2.36. The number of rotatable bonds is 2. The Morgan fingerprint density at radius 3 is 2.39 bits per heavy atom. The van der Waals surface area contributed by atoms with Crippen LogP contribution < -0.4 is 0 Å². The third-order valence-electron chi connectivity index (χ3n) is 6.58. The summed E-state index contributed by atoms with van der Waals surface area (Å²) in [6.07, 6.45) is 1.92. The maximum absolute atomic E-state index is 13.5. The summed E-state index contributed by atoms with van der Waals surface area (Å²) < 4.78 is 1.82.